The summed E-state index contributed by atoms with van der Waals surface area (Å²) in [5, 5.41) is 24.7. The molecule has 142 valence electrons. The predicted molar refractivity (Wildman–Crippen MR) is 103 cm³/mol. The molecule has 0 unspecified atom stereocenters. The van der Waals surface area contributed by atoms with Gasteiger partial charge in [0.05, 0.1) is 12.2 Å². The number of hydrogen-bond donors (Lipinski definition) is 3. The van der Waals surface area contributed by atoms with Crippen LogP contribution in [0, 0.1) is 6.92 Å². The molecule has 2 aromatic heterocycles. The van der Waals surface area contributed by atoms with Crippen LogP contribution in [0.2, 0.25) is 5.02 Å². The Morgan fingerprint density at radius 3 is 2.85 bits per heavy atom. The molecule has 0 bridgehead atoms. The minimum atomic E-state index is -0.305. The maximum absolute atomic E-state index is 12.3. The highest BCUT2D eigenvalue weighted by atomic mass is 35.5. The van der Waals surface area contributed by atoms with Crippen molar-refractivity contribution in [2.75, 3.05) is 12.1 Å². The molecule has 1 atom stereocenters. The Balaban J connectivity index is 1.62. The summed E-state index contributed by atoms with van der Waals surface area (Å²) in [5.41, 5.74) is 3.05. The van der Waals surface area contributed by atoms with Crippen molar-refractivity contribution in [3.8, 4) is 11.3 Å². The van der Waals surface area contributed by atoms with Crippen LogP contribution in [0.25, 0.3) is 11.3 Å². The molecule has 0 radical (unpaired) electrons. The minimum absolute atomic E-state index is 0.162. The number of aromatic amines is 1. The monoisotopic (exact) mass is 388 g/mol. The summed E-state index contributed by atoms with van der Waals surface area (Å²) in [5.74, 6) is -0.0397. The first-order valence-corrected chi connectivity index (χ1v) is 8.80. The average Bonchev–Trinajstić information content (AvgIpc) is 3.26. The SMILES string of the molecule is Cc1ccc(-c2ccn(C[C@H](C)NC(=O)c3cc(N(C)O)n[nH]3)n2)cc1Cl. The van der Waals surface area contributed by atoms with E-state index in [1.165, 1.54) is 13.1 Å². The normalized spacial score (nSPS) is 12.0. The molecule has 0 saturated heterocycles. The number of nitrogens with one attached hydrogen (secondary N) is 2. The molecule has 27 heavy (non-hydrogen) atoms. The van der Waals surface area contributed by atoms with E-state index in [4.69, 9.17) is 11.6 Å². The van der Waals surface area contributed by atoms with Crippen LogP contribution in [-0.2, 0) is 6.54 Å². The van der Waals surface area contributed by atoms with E-state index in [1.807, 2.05) is 44.3 Å². The van der Waals surface area contributed by atoms with Crippen molar-refractivity contribution >= 4 is 23.3 Å². The summed E-state index contributed by atoms with van der Waals surface area (Å²) >= 11 is 6.18. The molecule has 0 fully saturated rings. The topological polar surface area (TPSA) is 99.1 Å². The second-order valence-electron chi connectivity index (χ2n) is 6.42. The van der Waals surface area contributed by atoms with Crippen LogP contribution in [0.15, 0.2) is 36.5 Å². The van der Waals surface area contributed by atoms with Gasteiger partial charge in [-0.15, -0.1) is 0 Å². The second kappa shape index (κ2) is 7.81. The summed E-state index contributed by atoms with van der Waals surface area (Å²) in [6, 6.07) is 9.05. The maximum atomic E-state index is 12.3. The number of carbonyl (C=O) groups is 1. The number of nitrogens with zero attached hydrogens (tertiary/aromatic N) is 4. The number of anilines is 1. The molecular weight excluding hydrogens is 368 g/mol. The molecular formula is C18H21ClN6O2. The van der Waals surface area contributed by atoms with Crippen molar-refractivity contribution in [1.29, 1.82) is 0 Å². The molecule has 8 nitrogen and oxygen atoms in total. The molecule has 3 rings (SSSR count). The number of rotatable bonds is 6. The molecule has 9 heteroatoms. The third kappa shape index (κ3) is 4.47. The summed E-state index contributed by atoms with van der Waals surface area (Å²) in [6.07, 6.45) is 1.86. The Morgan fingerprint density at radius 2 is 2.19 bits per heavy atom. The van der Waals surface area contributed by atoms with Crippen LogP contribution in [0.3, 0.4) is 0 Å². The lowest BCUT2D eigenvalue weighted by atomic mass is 10.1. The van der Waals surface area contributed by atoms with Crippen LogP contribution in [-0.4, -0.2) is 44.2 Å². The van der Waals surface area contributed by atoms with E-state index in [-0.39, 0.29) is 23.5 Å². The lowest BCUT2D eigenvalue weighted by molar-refractivity contribution is 0.0931. The largest absolute Gasteiger partial charge is 0.346 e. The van der Waals surface area contributed by atoms with Crippen molar-refractivity contribution in [2.45, 2.75) is 26.4 Å². The Kier molecular flexibility index (Phi) is 5.48. The van der Waals surface area contributed by atoms with E-state index < -0.39 is 0 Å². The lowest BCUT2D eigenvalue weighted by Gasteiger charge is -2.13. The van der Waals surface area contributed by atoms with Gasteiger partial charge >= 0.3 is 0 Å². The average molecular weight is 389 g/mol. The lowest BCUT2D eigenvalue weighted by Crippen LogP contribution is -2.36. The van der Waals surface area contributed by atoms with Crippen LogP contribution in [0.1, 0.15) is 23.0 Å². The first-order chi connectivity index (χ1) is 12.8. The molecule has 1 amide bonds. The van der Waals surface area contributed by atoms with Crippen LogP contribution in [0.5, 0.6) is 0 Å². The number of benzene rings is 1. The molecule has 1 aromatic carbocycles. The highest BCUT2D eigenvalue weighted by molar-refractivity contribution is 6.31. The Bertz CT molecular complexity index is 949. The van der Waals surface area contributed by atoms with Gasteiger partial charge in [-0.25, -0.2) is 5.06 Å². The van der Waals surface area contributed by atoms with Gasteiger partial charge in [0.25, 0.3) is 5.91 Å². The van der Waals surface area contributed by atoms with Gasteiger partial charge < -0.3 is 5.32 Å². The zero-order valence-electron chi connectivity index (χ0n) is 15.3. The number of aromatic nitrogens is 4. The van der Waals surface area contributed by atoms with Gasteiger partial charge in [-0.2, -0.15) is 10.2 Å². The fraction of sp³-hybridized carbons (Fsp3) is 0.278. The van der Waals surface area contributed by atoms with E-state index in [1.54, 1.807) is 4.68 Å². The number of H-pyrrole nitrogens is 1. The van der Waals surface area contributed by atoms with E-state index in [9.17, 15) is 10.0 Å². The van der Waals surface area contributed by atoms with E-state index in [0.717, 1.165) is 21.9 Å². The molecule has 0 spiro atoms. The van der Waals surface area contributed by atoms with Gasteiger partial charge in [-0.3, -0.25) is 19.8 Å². The number of halogens is 1. The summed E-state index contributed by atoms with van der Waals surface area (Å²) in [7, 11) is 1.43. The third-order valence-electron chi connectivity index (χ3n) is 4.09. The predicted octanol–water partition coefficient (Wildman–Crippen LogP) is 2.88. The van der Waals surface area contributed by atoms with Crippen molar-refractivity contribution in [3.05, 3.63) is 52.8 Å². The first-order valence-electron chi connectivity index (χ1n) is 8.42. The highest BCUT2D eigenvalue weighted by Gasteiger charge is 2.15. The summed E-state index contributed by atoms with van der Waals surface area (Å²) < 4.78 is 1.77. The molecule has 2 heterocycles. The second-order valence-corrected chi connectivity index (χ2v) is 6.83. The van der Waals surface area contributed by atoms with Crippen molar-refractivity contribution in [2.24, 2.45) is 0 Å². The molecule has 0 aliphatic heterocycles. The van der Waals surface area contributed by atoms with Gasteiger partial charge in [0, 0.05) is 35.9 Å². The van der Waals surface area contributed by atoms with E-state index in [2.05, 4.69) is 20.6 Å². The smallest absolute Gasteiger partial charge is 0.269 e. The Hall–Kier alpha value is -2.84. The summed E-state index contributed by atoms with van der Waals surface area (Å²) in [6.45, 7) is 4.35. The molecule has 3 aromatic rings. The molecule has 3 N–H and O–H groups in total. The fourth-order valence-electron chi connectivity index (χ4n) is 2.59. The quantitative estimate of drug-likeness (QED) is 0.564. The van der Waals surface area contributed by atoms with Gasteiger partial charge in [0.1, 0.15) is 5.69 Å². The molecule has 0 saturated carbocycles. The highest BCUT2D eigenvalue weighted by Crippen LogP contribution is 2.24. The van der Waals surface area contributed by atoms with Gasteiger partial charge in [0.15, 0.2) is 5.82 Å². The standard InChI is InChI=1S/C18H21ClN6O2/c1-11-4-5-13(8-14(11)19)15-6-7-25(23-15)10-12(2)20-18(26)16-9-17(22-21-16)24(3)27/h4-9,12,27H,10H2,1-3H3,(H,20,26)(H,21,22)/t12-/m0/s1. The number of aryl methyl sites for hydroxylation is 1. The first kappa shape index (κ1) is 18.9. The van der Waals surface area contributed by atoms with E-state index >= 15 is 0 Å². The third-order valence-corrected chi connectivity index (χ3v) is 4.49. The maximum Gasteiger partial charge on any atom is 0.269 e. The van der Waals surface area contributed by atoms with Gasteiger partial charge in [0.2, 0.25) is 0 Å². The minimum Gasteiger partial charge on any atom is -0.346 e. The van der Waals surface area contributed by atoms with Crippen molar-refractivity contribution in [3.63, 3.8) is 0 Å². The zero-order valence-corrected chi connectivity index (χ0v) is 16.0. The van der Waals surface area contributed by atoms with E-state index in [0.29, 0.717) is 11.6 Å². The van der Waals surface area contributed by atoms with Gasteiger partial charge in [-0.1, -0.05) is 23.7 Å². The fourth-order valence-corrected chi connectivity index (χ4v) is 2.77. The number of amides is 1. The van der Waals surface area contributed by atoms with Crippen LogP contribution < -0.4 is 10.4 Å². The van der Waals surface area contributed by atoms with Crippen molar-refractivity contribution in [1.82, 2.24) is 25.3 Å². The Labute approximate surface area is 161 Å². The Morgan fingerprint density at radius 1 is 1.41 bits per heavy atom. The van der Waals surface area contributed by atoms with Crippen LogP contribution >= 0.6 is 11.6 Å². The molecule has 0 aliphatic rings. The number of hydrogen-bond acceptors (Lipinski definition) is 5. The zero-order chi connectivity index (χ0) is 19.6. The van der Waals surface area contributed by atoms with Gasteiger partial charge in [-0.05, 0) is 31.5 Å². The number of carbonyl (C=O) groups excluding carboxylic acids is 1. The summed E-state index contributed by atoms with van der Waals surface area (Å²) in [4.78, 5) is 12.3. The van der Waals surface area contributed by atoms with Crippen LogP contribution in [0.4, 0.5) is 5.82 Å². The number of hydroxylamine groups is 1. The van der Waals surface area contributed by atoms with Crippen molar-refractivity contribution < 1.29 is 10.0 Å². The molecule has 0 aliphatic carbocycles.